The molecule has 1 radical (unpaired) electrons. The maximum atomic E-state index is 9.67. The monoisotopic (exact) mass is 130 g/mol. The van der Waals surface area contributed by atoms with Crippen molar-refractivity contribution in [1.82, 2.24) is 5.06 Å². The molecule has 0 unspecified atom stereocenters. The number of carbonyl (C=O) groups excluding carboxylic acids is 1. The van der Waals surface area contributed by atoms with Crippen molar-refractivity contribution in [2.75, 3.05) is 6.54 Å². The number of amides is 1. The van der Waals surface area contributed by atoms with Gasteiger partial charge in [-0.05, 0) is 12.3 Å². The van der Waals surface area contributed by atoms with Crippen LogP contribution in [-0.2, 0) is 4.79 Å². The molecule has 1 amide bonds. The second-order valence-electron chi connectivity index (χ2n) is 2.40. The van der Waals surface area contributed by atoms with Crippen molar-refractivity contribution in [2.24, 2.45) is 5.92 Å². The third-order valence-electron chi connectivity index (χ3n) is 1.02. The van der Waals surface area contributed by atoms with E-state index in [2.05, 4.69) is 0 Å². The molecule has 0 aromatic carbocycles. The molecule has 0 atom stereocenters. The molecular formula is C6H12NO2. The Morgan fingerprint density at radius 3 is 2.56 bits per heavy atom. The molecule has 0 heterocycles. The Hall–Kier alpha value is -0.570. The quantitative estimate of drug-likeness (QED) is 0.347. The van der Waals surface area contributed by atoms with Crippen LogP contribution in [0.3, 0.4) is 0 Å². The Bertz CT molecular complexity index is 83.1. The topological polar surface area (TPSA) is 40.5 Å². The maximum Gasteiger partial charge on any atom is 0.337 e. The van der Waals surface area contributed by atoms with Gasteiger partial charge in [0.05, 0.1) is 0 Å². The van der Waals surface area contributed by atoms with Gasteiger partial charge in [-0.2, -0.15) is 0 Å². The van der Waals surface area contributed by atoms with Crippen molar-refractivity contribution in [2.45, 2.75) is 20.3 Å². The van der Waals surface area contributed by atoms with Gasteiger partial charge in [0, 0.05) is 6.54 Å². The van der Waals surface area contributed by atoms with Gasteiger partial charge in [-0.25, -0.2) is 5.06 Å². The minimum atomic E-state index is 0.376. The zero-order valence-electron chi connectivity index (χ0n) is 5.79. The third-order valence-corrected chi connectivity index (χ3v) is 1.02. The lowest BCUT2D eigenvalue weighted by Gasteiger charge is -2.07. The van der Waals surface area contributed by atoms with Crippen LogP contribution in [0.5, 0.6) is 0 Å². The molecule has 0 aliphatic rings. The SMILES string of the molecule is CC(C)CCN(O)[C]=O. The van der Waals surface area contributed by atoms with Crippen LogP contribution in [0, 0.1) is 5.92 Å². The zero-order valence-corrected chi connectivity index (χ0v) is 5.79. The first-order valence-electron chi connectivity index (χ1n) is 3.01. The Labute approximate surface area is 55.2 Å². The first kappa shape index (κ1) is 8.43. The summed E-state index contributed by atoms with van der Waals surface area (Å²) in [4.78, 5) is 9.67. The van der Waals surface area contributed by atoms with Crippen molar-refractivity contribution < 1.29 is 10.0 Å². The molecule has 0 rings (SSSR count). The maximum absolute atomic E-state index is 9.67. The molecule has 0 aromatic heterocycles. The van der Waals surface area contributed by atoms with Gasteiger partial charge in [-0.3, -0.25) is 10.0 Å². The number of nitrogens with zero attached hydrogens (tertiary/aromatic N) is 1. The molecule has 9 heavy (non-hydrogen) atoms. The summed E-state index contributed by atoms with van der Waals surface area (Å²) in [6, 6.07) is 0. The van der Waals surface area contributed by atoms with Crippen LogP contribution in [-0.4, -0.2) is 23.2 Å². The third kappa shape index (κ3) is 5.30. The minimum Gasteiger partial charge on any atom is -0.285 e. The molecule has 3 nitrogen and oxygen atoms in total. The van der Waals surface area contributed by atoms with E-state index >= 15 is 0 Å². The molecule has 0 saturated carbocycles. The largest absolute Gasteiger partial charge is 0.337 e. The number of hydrogen-bond donors (Lipinski definition) is 1. The number of hydrogen-bond acceptors (Lipinski definition) is 2. The van der Waals surface area contributed by atoms with Gasteiger partial charge in [-0.15, -0.1) is 0 Å². The highest BCUT2D eigenvalue weighted by Crippen LogP contribution is 1.98. The summed E-state index contributed by atoms with van der Waals surface area (Å²) in [6.07, 6.45) is 2.17. The first-order valence-corrected chi connectivity index (χ1v) is 3.01. The van der Waals surface area contributed by atoms with E-state index in [1.807, 2.05) is 13.8 Å². The predicted molar refractivity (Wildman–Crippen MR) is 33.6 cm³/mol. The lowest BCUT2D eigenvalue weighted by Crippen LogP contribution is -2.19. The summed E-state index contributed by atoms with van der Waals surface area (Å²) in [5.74, 6) is 0.507. The van der Waals surface area contributed by atoms with Crippen LogP contribution in [0.25, 0.3) is 0 Å². The van der Waals surface area contributed by atoms with Crippen LogP contribution < -0.4 is 0 Å². The van der Waals surface area contributed by atoms with Crippen LogP contribution in [0.15, 0.2) is 0 Å². The Kier molecular flexibility index (Phi) is 4.05. The molecule has 0 saturated heterocycles. The van der Waals surface area contributed by atoms with Gasteiger partial charge in [0.25, 0.3) is 0 Å². The normalized spacial score (nSPS) is 9.78. The van der Waals surface area contributed by atoms with Crippen LogP contribution in [0.1, 0.15) is 20.3 Å². The molecule has 0 aromatic rings. The molecule has 0 bridgehead atoms. The van der Waals surface area contributed by atoms with Crippen LogP contribution in [0.4, 0.5) is 0 Å². The molecule has 0 spiro atoms. The van der Waals surface area contributed by atoms with Gasteiger partial charge in [0.15, 0.2) is 0 Å². The van der Waals surface area contributed by atoms with Crippen molar-refractivity contribution in [3.05, 3.63) is 0 Å². The van der Waals surface area contributed by atoms with E-state index in [-0.39, 0.29) is 0 Å². The highest BCUT2D eigenvalue weighted by atomic mass is 16.5. The highest BCUT2D eigenvalue weighted by molar-refractivity contribution is 5.45. The second kappa shape index (κ2) is 4.32. The molecule has 3 heteroatoms. The average Bonchev–Trinajstić information content (AvgIpc) is 1.83. The summed E-state index contributed by atoms with van der Waals surface area (Å²) in [5, 5.41) is 9.06. The summed E-state index contributed by atoms with van der Waals surface area (Å²) < 4.78 is 0. The zero-order chi connectivity index (χ0) is 7.28. The van der Waals surface area contributed by atoms with Gasteiger partial charge in [0.1, 0.15) is 0 Å². The van der Waals surface area contributed by atoms with E-state index in [4.69, 9.17) is 5.21 Å². The Morgan fingerprint density at radius 1 is 1.67 bits per heavy atom. The fraction of sp³-hybridized carbons (Fsp3) is 0.833. The molecule has 0 aliphatic carbocycles. The van der Waals surface area contributed by atoms with E-state index in [1.54, 1.807) is 0 Å². The smallest absolute Gasteiger partial charge is 0.285 e. The summed E-state index contributed by atoms with van der Waals surface area (Å²) in [6.45, 7) is 4.43. The Balaban J connectivity index is 3.16. The fourth-order valence-corrected chi connectivity index (χ4v) is 0.426. The van der Waals surface area contributed by atoms with E-state index in [9.17, 15) is 4.79 Å². The molecular weight excluding hydrogens is 118 g/mol. The Morgan fingerprint density at radius 2 is 2.22 bits per heavy atom. The summed E-state index contributed by atoms with van der Waals surface area (Å²) >= 11 is 0. The lowest BCUT2D eigenvalue weighted by molar-refractivity contribution is -0.0200. The van der Waals surface area contributed by atoms with Crippen molar-refractivity contribution >= 4 is 6.41 Å². The minimum absolute atomic E-state index is 0.376. The molecule has 1 N–H and O–H groups in total. The highest BCUT2D eigenvalue weighted by Gasteiger charge is 1.98. The van der Waals surface area contributed by atoms with Crippen LogP contribution >= 0.6 is 0 Å². The van der Waals surface area contributed by atoms with Gasteiger partial charge in [-0.1, -0.05) is 13.8 Å². The lowest BCUT2D eigenvalue weighted by atomic mass is 10.1. The molecule has 53 valence electrons. The predicted octanol–water partition coefficient (Wildman–Crippen LogP) is 0.791. The first-order chi connectivity index (χ1) is 4.16. The van der Waals surface area contributed by atoms with Gasteiger partial charge in [0.2, 0.25) is 0 Å². The van der Waals surface area contributed by atoms with E-state index in [1.165, 1.54) is 6.41 Å². The van der Waals surface area contributed by atoms with Gasteiger partial charge < -0.3 is 0 Å². The standard InChI is InChI=1S/C6H12NO2/c1-6(2)3-4-7(9)5-8/h6,9H,3-4H2,1-2H3. The van der Waals surface area contributed by atoms with Crippen molar-refractivity contribution in [1.29, 1.82) is 0 Å². The van der Waals surface area contributed by atoms with E-state index in [0.717, 1.165) is 6.42 Å². The van der Waals surface area contributed by atoms with E-state index < -0.39 is 0 Å². The van der Waals surface area contributed by atoms with Crippen molar-refractivity contribution in [3.8, 4) is 0 Å². The average molecular weight is 130 g/mol. The number of rotatable bonds is 4. The van der Waals surface area contributed by atoms with Gasteiger partial charge >= 0.3 is 6.41 Å². The molecule has 0 fully saturated rings. The number of hydroxylamine groups is 2. The van der Waals surface area contributed by atoms with Crippen LogP contribution in [0.2, 0.25) is 0 Å². The summed E-state index contributed by atoms with van der Waals surface area (Å²) in [7, 11) is 0. The fourth-order valence-electron chi connectivity index (χ4n) is 0.426. The van der Waals surface area contributed by atoms with E-state index in [0.29, 0.717) is 17.5 Å². The van der Waals surface area contributed by atoms with Crippen molar-refractivity contribution in [3.63, 3.8) is 0 Å². The molecule has 0 aliphatic heterocycles. The summed E-state index contributed by atoms with van der Waals surface area (Å²) in [5.41, 5.74) is 0. The second-order valence-corrected chi connectivity index (χ2v) is 2.40.